The maximum atomic E-state index is 11.4. The number of anilines is 2. The largest absolute Gasteiger partial charge is 0.354 e. The molecule has 1 aromatic heterocycles. The third kappa shape index (κ3) is 2.91. The number of aromatic nitrogens is 1. The molecule has 0 atom stereocenters. The number of aryl methyl sites for hydroxylation is 1. The molecule has 0 aliphatic heterocycles. The van der Waals surface area contributed by atoms with E-state index in [0.717, 1.165) is 0 Å². The second kappa shape index (κ2) is 6.25. The molecule has 0 amide bonds. The Hall–Kier alpha value is -2.99. The number of benzene rings is 2. The zero-order valence-corrected chi connectivity index (χ0v) is 13.4. The number of fused-ring (bicyclic) bond motifs is 1. The van der Waals surface area contributed by atoms with Crippen molar-refractivity contribution in [3.05, 3.63) is 68.9 Å². The summed E-state index contributed by atoms with van der Waals surface area (Å²) in [6, 6.07) is 9.95. The molecule has 0 radical (unpaired) electrons. The number of aldehydes is 1. The maximum Gasteiger partial charge on any atom is 0.274 e. The van der Waals surface area contributed by atoms with Gasteiger partial charge in [-0.1, -0.05) is 17.7 Å². The van der Waals surface area contributed by atoms with Crippen LogP contribution in [0.3, 0.4) is 0 Å². The fourth-order valence-electron chi connectivity index (χ4n) is 2.44. The van der Waals surface area contributed by atoms with Gasteiger partial charge in [-0.2, -0.15) is 0 Å². The van der Waals surface area contributed by atoms with Crippen LogP contribution in [0.2, 0.25) is 5.02 Å². The Balaban J connectivity index is 2.16. The van der Waals surface area contributed by atoms with Crippen LogP contribution < -0.4 is 5.32 Å². The summed E-state index contributed by atoms with van der Waals surface area (Å²) in [5.41, 5.74) is 2.58. The van der Waals surface area contributed by atoms with E-state index in [1.165, 1.54) is 12.3 Å². The monoisotopic (exact) mass is 341 g/mol. The Morgan fingerprint density at radius 2 is 2.04 bits per heavy atom. The third-order valence-electron chi connectivity index (χ3n) is 3.66. The van der Waals surface area contributed by atoms with Crippen molar-refractivity contribution >= 4 is 45.9 Å². The summed E-state index contributed by atoms with van der Waals surface area (Å²) in [6.45, 7) is 1.67. The SMILES string of the molecule is Cc1ccc(Nc2c(C=O)cnc3ccc(Cl)cc23)cc1[N+](=O)[O-]. The van der Waals surface area contributed by atoms with Crippen molar-refractivity contribution in [2.24, 2.45) is 0 Å². The Kier molecular flexibility index (Phi) is 4.14. The number of rotatable bonds is 4. The molecule has 3 aromatic rings. The van der Waals surface area contributed by atoms with Crippen LogP contribution in [0.1, 0.15) is 15.9 Å². The molecule has 120 valence electrons. The van der Waals surface area contributed by atoms with Gasteiger partial charge in [0.25, 0.3) is 5.69 Å². The first-order valence-corrected chi connectivity index (χ1v) is 7.43. The molecule has 1 heterocycles. The minimum absolute atomic E-state index is 0.00375. The molecule has 0 spiro atoms. The van der Waals surface area contributed by atoms with E-state index in [0.29, 0.717) is 44.7 Å². The zero-order chi connectivity index (χ0) is 17.3. The number of nitrogens with one attached hydrogen (secondary N) is 1. The second-order valence-electron chi connectivity index (χ2n) is 5.25. The molecular weight excluding hydrogens is 330 g/mol. The van der Waals surface area contributed by atoms with E-state index in [4.69, 9.17) is 11.6 Å². The molecule has 0 aliphatic rings. The lowest BCUT2D eigenvalue weighted by Crippen LogP contribution is -2.00. The van der Waals surface area contributed by atoms with Gasteiger partial charge in [0.2, 0.25) is 0 Å². The number of nitrogens with zero attached hydrogens (tertiary/aromatic N) is 2. The van der Waals surface area contributed by atoms with Crippen molar-refractivity contribution in [1.82, 2.24) is 4.98 Å². The van der Waals surface area contributed by atoms with Crippen LogP contribution in [-0.4, -0.2) is 16.2 Å². The summed E-state index contributed by atoms with van der Waals surface area (Å²) in [5, 5.41) is 15.3. The van der Waals surface area contributed by atoms with Crippen molar-refractivity contribution < 1.29 is 9.72 Å². The second-order valence-corrected chi connectivity index (χ2v) is 5.69. The summed E-state index contributed by atoms with van der Waals surface area (Å²) in [7, 11) is 0. The molecule has 0 fully saturated rings. The van der Waals surface area contributed by atoms with Gasteiger partial charge < -0.3 is 5.32 Å². The van der Waals surface area contributed by atoms with Crippen LogP contribution >= 0.6 is 11.6 Å². The Morgan fingerprint density at radius 1 is 1.25 bits per heavy atom. The first-order valence-electron chi connectivity index (χ1n) is 7.05. The molecule has 2 aromatic carbocycles. The standard InChI is InChI=1S/C17H12ClN3O3/c1-10-2-4-13(7-16(10)21(23)24)20-17-11(9-22)8-19-15-5-3-12(18)6-14(15)17/h2-9H,1H3,(H,19,20). The van der Waals surface area contributed by atoms with E-state index < -0.39 is 4.92 Å². The average molecular weight is 342 g/mol. The van der Waals surface area contributed by atoms with Crippen molar-refractivity contribution in [3.63, 3.8) is 0 Å². The number of carbonyl (C=O) groups excluding carboxylic acids is 1. The summed E-state index contributed by atoms with van der Waals surface area (Å²) in [5.74, 6) is 0. The van der Waals surface area contributed by atoms with E-state index in [2.05, 4.69) is 10.3 Å². The maximum absolute atomic E-state index is 11.4. The molecule has 0 saturated carbocycles. The molecule has 0 saturated heterocycles. The number of carbonyl (C=O) groups is 1. The van der Waals surface area contributed by atoms with E-state index in [-0.39, 0.29) is 5.69 Å². The topological polar surface area (TPSA) is 85.1 Å². The molecule has 6 nitrogen and oxygen atoms in total. The fraction of sp³-hybridized carbons (Fsp3) is 0.0588. The van der Waals surface area contributed by atoms with Gasteiger partial charge in [-0.3, -0.25) is 19.9 Å². The molecule has 24 heavy (non-hydrogen) atoms. The van der Waals surface area contributed by atoms with E-state index >= 15 is 0 Å². The summed E-state index contributed by atoms with van der Waals surface area (Å²) >= 11 is 6.04. The molecule has 3 rings (SSSR count). The summed E-state index contributed by atoms with van der Waals surface area (Å²) in [6.07, 6.45) is 2.13. The van der Waals surface area contributed by atoms with Gasteiger partial charge in [-0.15, -0.1) is 0 Å². The smallest absolute Gasteiger partial charge is 0.274 e. The predicted octanol–water partition coefficient (Wildman–Crippen LogP) is 4.66. The molecule has 0 bridgehead atoms. The fourth-order valence-corrected chi connectivity index (χ4v) is 2.61. The van der Waals surface area contributed by atoms with Crippen LogP contribution in [0.15, 0.2) is 42.6 Å². The number of halogens is 1. The van der Waals surface area contributed by atoms with Gasteiger partial charge >= 0.3 is 0 Å². The number of hydrogen-bond acceptors (Lipinski definition) is 5. The summed E-state index contributed by atoms with van der Waals surface area (Å²) in [4.78, 5) is 26.2. The van der Waals surface area contributed by atoms with Crippen LogP contribution in [-0.2, 0) is 0 Å². The highest BCUT2D eigenvalue weighted by Gasteiger charge is 2.14. The highest BCUT2D eigenvalue weighted by Crippen LogP contribution is 2.32. The zero-order valence-electron chi connectivity index (χ0n) is 12.6. The quantitative estimate of drug-likeness (QED) is 0.423. The number of pyridine rings is 1. The molecule has 7 heteroatoms. The average Bonchev–Trinajstić information content (AvgIpc) is 2.56. The summed E-state index contributed by atoms with van der Waals surface area (Å²) < 4.78 is 0. The minimum Gasteiger partial charge on any atom is -0.354 e. The lowest BCUT2D eigenvalue weighted by atomic mass is 10.1. The highest BCUT2D eigenvalue weighted by atomic mass is 35.5. The number of nitro groups is 1. The predicted molar refractivity (Wildman–Crippen MR) is 93.3 cm³/mol. The molecule has 1 N–H and O–H groups in total. The third-order valence-corrected chi connectivity index (χ3v) is 3.90. The van der Waals surface area contributed by atoms with Crippen LogP contribution in [0.25, 0.3) is 10.9 Å². The van der Waals surface area contributed by atoms with Gasteiger partial charge in [-0.05, 0) is 31.2 Å². The van der Waals surface area contributed by atoms with E-state index in [1.54, 1.807) is 37.3 Å². The van der Waals surface area contributed by atoms with Crippen LogP contribution in [0.4, 0.5) is 17.1 Å². The van der Waals surface area contributed by atoms with Gasteiger partial charge in [-0.25, -0.2) is 0 Å². The van der Waals surface area contributed by atoms with Gasteiger partial charge in [0.05, 0.1) is 21.7 Å². The van der Waals surface area contributed by atoms with Crippen molar-refractivity contribution in [2.75, 3.05) is 5.32 Å². The van der Waals surface area contributed by atoms with E-state index in [9.17, 15) is 14.9 Å². The van der Waals surface area contributed by atoms with Gasteiger partial charge in [0, 0.05) is 33.9 Å². The first-order chi connectivity index (χ1) is 11.5. The normalized spacial score (nSPS) is 10.6. The number of hydrogen-bond donors (Lipinski definition) is 1. The van der Waals surface area contributed by atoms with Crippen LogP contribution in [0, 0.1) is 17.0 Å². The Bertz CT molecular complexity index is 973. The molecule has 0 unspecified atom stereocenters. The highest BCUT2D eigenvalue weighted by molar-refractivity contribution is 6.31. The van der Waals surface area contributed by atoms with Crippen molar-refractivity contribution in [3.8, 4) is 0 Å². The van der Waals surface area contributed by atoms with Crippen molar-refractivity contribution in [1.29, 1.82) is 0 Å². The molecular formula is C17H12ClN3O3. The molecule has 0 aliphatic carbocycles. The van der Waals surface area contributed by atoms with Crippen molar-refractivity contribution in [2.45, 2.75) is 6.92 Å². The Morgan fingerprint density at radius 3 is 2.75 bits per heavy atom. The lowest BCUT2D eigenvalue weighted by molar-refractivity contribution is -0.385. The Labute approximate surface area is 142 Å². The minimum atomic E-state index is -0.442. The number of nitro benzene ring substituents is 1. The van der Waals surface area contributed by atoms with E-state index in [1.807, 2.05) is 0 Å². The van der Waals surface area contributed by atoms with Crippen LogP contribution in [0.5, 0.6) is 0 Å². The first kappa shape index (κ1) is 15.9. The van der Waals surface area contributed by atoms with Gasteiger partial charge in [0.1, 0.15) is 0 Å². The lowest BCUT2D eigenvalue weighted by Gasteiger charge is -2.12. The van der Waals surface area contributed by atoms with Gasteiger partial charge in [0.15, 0.2) is 6.29 Å².